The number of primary amides is 1. The molecule has 0 aliphatic rings. The summed E-state index contributed by atoms with van der Waals surface area (Å²) in [5.74, 6) is -1.70. The van der Waals surface area contributed by atoms with Crippen LogP contribution >= 0.6 is 22.7 Å². The molecule has 0 aliphatic heterocycles. The fourth-order valence-corrected chi connectivity index (χ4v) is 3.63. The van der Waals surface area contributed by atoms with Crippen LogP contribution in [0.5, 0.6) is 0 Å². The van der Waals surface area contributed by atoms with Crippen molar-refractivity contribution in [3.63, 3.8) is 0 Å². The summed E-state index contributed by atoms with van der Waals surface area (Å²) >= 11 is 2.66. The first-order valence-electron chi connectivity index (χ1n) is 6.75. The van der Waals surface area contributed by atoms with Crippen LogP contribution in [-0.2, 0) is 9.53 Å². The summed E-state index contributed by atoms with van der Waals surface area (Å²) in [6.07, 6.45) is -0.995. The van der Waals surface area contributed by atoms with Crippen LogP contribution in [0.2, 0.25) is 0 Å². The standard InChI is InChI=1S/C15H16N2O4S2/c1-7-6-11(9(3)23-7)15(20)21-8(2)13(19)17-14-10(12(16)18)4-5-22-14/h4-6,8H,1-3H3,(H2,16,18)(H,17,19). The number of hydrogen-bond donors (Lipinski definition) is 2. The zero-order valence-corrected chi connectivity index (χ0v) is 14.5. The van der Waals surface area contributed by atoms with Crippen molar-refractivity contribution < 1.29 is 19.1 Å². The number of nitrogens with two attached hydrogens (primary N) is 1. The Morgan fingerprint density at radius 1 is 1.26 bits per heavy atom. The summed E-state index contributed by atoms with van der Waals surface area (Å²) < 4.78 is 5.19. The van der Waals surface area contributed by atoms with Gasteiger partial charge in [0.05, 0.1) is 11.1 Å². The second-order valence-electron chi connectivity index (χ2n) is 4.89. The van der Waals surface area contributed by atoms with Crippen molar-refractivity contribution in [1.29, 1.82) is 0 Å². The quantitative estimate of drug-likeness (QED) is 0.808. The largest absolute Gasteiger partial charge is 0.449 e. The molecule has 0 fully saturated rings. The number of aryl methyl sites for hydroxylation is 2. The van der Waals surface area contributed by atoms with Crippen LogP contribution in [0.25, 0.3) is 0 Å². The zero-order valence-electron chi connectivity index (χ0n) is 12.8. The average Bonchev–Trinajstić information content (AvgIpc) is 3.04. The van der Waals surface area contributed by atoms with E-state index in [0.29, 0.717) is 10.6 Å². The first kappa shape index (κ1) is 17.2. The lowest BCUT2D eigenvalue weighted by Crippen LogP contribution is -2.30. The van der Waals surface area contributed by atoms with Gasteiger partial charge in [-0.2, -0.15) is 0 Å². The minimum atomic E-state index is -0.995. The lowest BCUT2D eigenvalue weighted by molar-refractivity contribution is -0.123. The van der Waals surface area contributed by atoms with Gasteiger partial charge in [-0.25, -0.2) is 4.79 Å². The first-order valence-corrected chi connectivity index (χ1v) is 8.45. The van der Waals surface area contributed by atoms with Gasteiger partial charge in [0.1, 0.15) is 5.00 Å². The van der Waals surface area contributed by atoms with Crippen molar-refractivity contribution in [1.82, 2.24) is 0 Å². The van der Waals surface area contributed by atoms with Gasteiger partial charge < -0.3 is 15.8 Å². The van der Waals surface area contributed by atoms with Crippen molar-refractivity contribution in [3.05, 3.63) is 38.4 Å². The molecule has 2 aromatic heterocycles. The fraction of sp³-hybridized carbons (Fsp3) is 0.267. The van der Waals surface area contributed by atoms with E-state index in [1.54, 1.807) is 11.4 Å². The third-order valence-electron chi connectivity index (χ3n) is 3.08. The molecule has 0 bridgehead atoms. The number of nitrogens with one attached hydrogen (secondary N) is 1. The normalized spacial score (nSPS) is 11.8. The maximum atomic E-state index is 12.1. The summed E-state index contributed by atoms with van der Waals surface area (Å²) in [6.45, 7) is 5.19. The summed E-state index contributed by atoms with van der Waals surface area (Å²) in [7, 11) is 0. The monoisotopic (exact) mass is 352 g/mol. The van der Waals surface area contributed by atoms with Crippen LogP contribution in [0.15, 0.2) is 17.5 Å². The second-order valence-corrected chi connectivity index (χ2v) is 7.27. The molecule has 0 saturated carbocycles. The molecule has 0 spiro atoms. The lowest BCUT2D eigenvalue weighted by atomic mass is 10.2. The molecule has 0 radical (unpaired) electrons. The highest BCUT2D eigenvalue weighted by Crippen LogP contribution is 2.24. The maximum Gasteiger partial charge on any atom is 0.340 e. The first-order chi connectivity index (χ1) is 10.8. The van der Waals surface area contributed by atoms with Crippen LogP contribution in [0.1, 0.15) is 37.4 Å². The molecule has 0 saturated heterocycles. The van der Waals surface area contributed by atoms with Gasteiger partial charge in [0.15, 0.2) is 6.10 Å². The Hall–Kier alpha value is -2.19. The van der Waals surface area contributed by atoms with Crippen molar-refractivity contribution in [2.45, 2.75) is 26.9 Å². The van der Waals surface area contributed by atoms with E-state index in [1.165, 1.54) is 35.7 Å². The molecule has 2 amide bonds. The van der Waals surface area contributed by atoms with E-state index in [-0.39, 0.29) is 5.56 Å². The highest BCUT2D eigenvalue weighted by Gasteiger charge is 2.22. The summed E-state index contributed by atoms with van der Waals surface area (Å²) in [5, 5.41) is 4.54. The number of thiophene rings is 2. The molecule has 2 rings (SSSR count). The molecule has 122 valence electrons. The van der Waals surface area contributed by atoms with Crippen LogP contribution < -0.4 is 11.1 Å². The summed E-state index contributed by atoms with van der Waals surface area (Å²) in [4.78, 5) is 37.3. The number of hydrogen-bond acceptors (Lipinski definition) is 6. The van der Waals surface area contributed by atoms with Crippen LogP contribution in [-0.4, -0.2) is 23.9 Å². The van der Waals surface area contributed by atoms with Crippen LogP contribution in [0, 0.1) is 13.8 Å². The highest BCUT2D eigenvalue weighted by atomic mass is 32.1. The number of rotatable bonds is 5. The van der Waals surface area contributed by atoms with Gasteiger partial charge in [-0.1, -0.05) is 0 Å². The van der Waals surface area contributed by atoms with Gasteiger partial charge >= 0.3 is 5.97 Å². The number of carbonyl (C=O) groups excluding carboxylic acids is 3. The minimum absolute atomic E-state index is 0.228. The molecule has 8 heteroatoms. The maximum absolute atomic E-state index is 12.1. The average molecular weight is 352 g/mol. The number of amides is 2. The Labute approximate surface area is 141 Å². The molecule has 2 aromatic rings. The third-order valence-corrected chi connectivity index (χ3v) is 4.88. The molecule has 1 atom stereocenters. The molecule has 23 heavy (non-hydrogen) atoms. The molecule has 0 aromatic carbocycles. The predicted octanol–water partition coefficient (Wildman–Crippen LogP) is 2.71. The van der Waals surface area contributed by atoms with Gasteiger partial charge in [0.2, 0.25) is 0 Å². The van der Waals surface area contributed by atoms with Crippen molar-refractivity contribution in [3.8, 4) is 0 Å². The zero-order chi connectivity index (χ0) is 17.1. The second kappa shape index (κ2) is 6.93. The van der Waals surface area contributed by atoms with E-state index in [1.807, 2.05) is 13.8 Å². The van der Waals surface area contributed by atoms with E-state index < -0.39 is 23.9 Å². The van der Waals surface area contributed by atoms with Crippen molar-refractivity contribution in [2.75, 3.05) is 5.32 Å². The van der Waals surface area contributed by atoms with E-state index in [9.17, 15) is 14.4 Å². The molecule has 6 nitrogen and oxygen atoms in total. The summed E-state index contributed by atoms with van der Waals surface area (Å²) in [5.41, 5.74) is 5.91. The molecule has 2 heterocycles. The van der Waals surface area contributed by atoms with E-state index in [4.69, 9.17) is 10.5 Å². The number of carbonyl (C=O) groups is 3. The Morgan fingerprint density at radius 3 is 2.52 bits per heavy atom. The molecule has 0 aliphatic carbocycles. The van der Waals surface area contributed by atoms with Gasteiger partial charge in [0, 0.05) is 9.75 Å². The van der Waals surface area contributed by atoms with E-state index in [0.717, 1.165) is 9.75 Å². The highest BCUT2D eigenvalue weighted by molar-refractivity contribution is 7.14. The van der Waals surface area contributed by atoms with Crippen LogP contribution in [0.4, 0.5) is 5.00 Å². The smallest absolute Gasteiger partial charge is 0.340 e. The fourth-order valence-electron chi connectivity index (χ4n) is 1.92. The number of esters is 1. The Bertz CT molecular complexity index is 763. The third kappa shape index (κ3) is 3.96. The van der Waals surface area contributed by atoms with Gasteiger partial charge in [-0.15, -0.1) is 22.7 Å². The molecule has 1 unspecified atom stereocenters. The number of anilines is 1. The van der Waals surface area contributed by atoms with Gasteiger partial charge in [-0.3, -0.25) is 9.59 Å². The SMILES string of the molecule is Cc1cc(C(=O)OC(C)C(=O)Nc2sccc2C(N)=O)c(C)s1. The Morgan fingerprint density at radius 2 is 1.96 bits per heavy atom. The predicted molar refractivity (Wildman–Crippen MR) is 90.1 cm³/mol. The summed E-state index contributed by atoms with van der Waals surface area (Å²) in [6, 6.07) is 3.26. The van der Waals surface area contributed by atoms with E-state index >= 15 is 0 Å². The Balaban J connectivity index is 2.02. The topological polar surface area (TPSA) is 98.5 Å². The van der Waals surface area contributed by atoms with Crippen molar-refractivity contribution in [2.24, 2.45) is 5.73 Å². The molecule has 3 N–H and O–H groups in total. The van der Waals surface area contributed by atoms with E-state index in [2.05, 4.69) is 5.32 Å². The number of ether oxygens (including phenoxy) is 1. The lowest BCUT2D eigenvalue weighted by Gasteiger charge is -2.13. The Kier molecular flexibility index (Phi) is 5.17. The molecular weight excluding hydrogens is 336 g/mol. The van der Waals surface area contributed by atoms with Crippen molar-refractivity contribution >= 4 is 45.5 Å². The van der Waals surface area contributed by atoms with Crippen LogP contribution in [0.3, 0.4) is 0 Å². The molecular formula is C15H16N2O4S2. The van der Waals surface area contributed by atoms with Gasteiger partial charge in [0.25, 0.3) is 11.8 Å². The van der Waals surface area contributed by atoms with Gasteiger partial charge in [-0.05, 0) is 38.3 Å². The minimum Gasteiger partial charge on any atom is -0.449 e.